The Balaban J connectivity index is 1.63. The van der Waals surface area contributed by atoms with Crippen molar-refractivity contribution in [3.05, 3.63) is 11.9 Å². The smallest absolute Gasteiger partial charge is 0.273 e. The second-order valence-electron chi connectivity index (χ2n) is 5.99. The number of amides is 1. The van der Waals surface area contributed by atoms with Crippen LogP contribution in [0.5, 0.6) is 0 Å². The zero-order valence-electron chi connectivity index (χ0n) is 11.1. The van der Waals surface area contributed by atoms with E-state index in [1.807, 2.05) is 13.8 Å². The fraction of sp³-hybridized carbons (Fsp3) is 0.750. The zero-order valence-corrected chi connectivity index (χ0v) is 11.1. The molecule has 1 aromatic heterocycles. The minimum atomic E-state index is -0.352. The first-order valence-electron chi connectivity index (χ1n) is 6.60. The molecular formula is C12H19N5O2. The molecule has 1 amide bonds. The van der Waals surface area contributed by atoms with Gasteiger partial charge in [-0.1, -0.05) is 19.1 Å². The van der Waals surface area contributed by atoms with Gasteiger partial charge in [0, 0.05) is 24.5 Å². The average Bonchev–Trinajstić information content (AvgIpc) is 2.75. The summed E-state index contributed by atoms with van der Waals surface area (Å²) in [5.74, 6) is -0.219. The number of aromatic nitrogens is 3. The Labute approximate surface area is 111 Å². The van der Waals surface area contributed by atoms with Crippen molar-refractivity contribution in [3.8, 4) is 0 Å². The number of aliphatic hydroxyl groups is 1. The molecule has 19 heavy (non-hydrogen) atoms. The van der Waals surface area contributed by atoms with E-state index in [0.29, 0.717) is 18.2 Å². The van der Waals surface area contributed by atoms with Crippen LogP contribution in [0.4, 0.5) is 0 Å². The molecule has 1 aromatic rings. The summed E-state index contributed by atoms with van der Waals surface area (Å²) in [4.78, 5) is 12.1. The van der Waals surface area contributed by atoms with Crippen LogP contribution in [0.1, 0.15) is 36.8 Å². The highest BCUT2D eigenvalue weighted by Gasteiger charge is 2.48. The van der Waals surface area contributed by atoms with E-state index in [4.69, 9.17) is 0 Å². The second kappa shape index (κ2) is 4.28. The van der Waals surface area contributed by atoms with Crippen LogP contribution in [0.15, 0.2) is 6.20 Å². The Bertz CT molecular complexity index is 494. The summed E-state index contributed by atoms with van der Waals surface area (Å²) in [6, 6.07) is 0.293. The van der Waals surface area contributed by atoms with E-state index >= 15 is 0 Å². The first kappa shape index (κ1) is 12.6. The van der Waals surface area contributed by atoms with E-state index < -0.39 is 0 Å². The molecule has 2 unspecified atom stereocenters. The Morgan fingerprint density at radius 2 is 2.32 bits per heavy atom. The van der Waals surface area contributed by atoms with Gasteiger partial charge in [0.25, 0.3) is 5.91 Å². The molecule has 1 saturated carbocycles. The van der Waals surface area contributed by atoms with Crippen molar-refractivity contribution >= 4 is 5.91 Å². The van der Waals surface area contributed by atoms with Gasteiger partial charge < -0.3 is 15.7 Å². The maximum Gasteiger partial charge on any atom is 0.273 e. The van der Waals surface area contributed by atoms with Gasteiger partial charge in [0.2, 0.25) is 0 Å². The van der Waals surface area contributed by atoms with Crippen molar-refractivity contribution < 1.29 is 9.90 Å². The Kier molecular flexibility index (Phi) is 2.83. The first-order valence-corrected chi connectivity index (χ1v) is 6.60. The molecule has 104 valence electrons. The summed E-state index contributed by atoms with van der Waals surface area (Å²) in [6.07, 6.45) is 1.93. The number of hydrogen-bond acceptors (Lipinski definition) is 5. The maximum atomic E-state index is 12.1. The molecule has 3 rings (SSSR count). The molecule has 7 nitrogen and oxygen atoms in total. The lowest BCUT2D eigenvalue weighted by Gasteiger charge is -2.49. The molecule has 2 atom stereocenters. The van der Waals surface area contributed by atoms with Gasteiger partial charge in [0.05, 0.1) is 18.3 Å². The van der Waals surface area contributed by atoms with Crippen LogP contribution in [-0.4, -0.2) is 51.2 Å². The molecule has 3 N–H and O–H groups in total. The fourth-order valence-corrected chi connectivity index (χ4v) is 2.40. The van der Waals surface area contributed by atoms with Crippen LogP contribution in [0.3, 0.4) is 0 Å². The second-order valence-corrected chi connectivity index (χ2v) is 5.99. The molecule has 1 saturated heterocycles. The van der Waals surface area contributed by atoms with Crippen LogP contribution in [0.2, 0.25) is 0 Å². The van der Waals surface area contributed by atoms with Crippen molar-refractivity contribution in [2.75, 3.05) is 13.1 Å². The van der Waals surface area contributed by atoms with E-state index in [1.165, 1.54) is 0 Å². The average molecular weight is 265 g/mol. The Morgan fingerprint density at radius 1 is 1.58 bits per heavy atom. The lowest BCUT2D eigenvalue weighted by molar-refractivity contribution is -0.0690. The summed E-state index contributed by atoms with van der Waals surface area (Å²) in [5.41, 5.74) is 0.0629. The predicted molar refractivity (Wildman–Crippen MR) is 67.6 cm³/mol. The van der Waals surface area contributed by atoms with Crippen molar-refractivity contribution in [1.82, 2.24) is 25.6 Å². The molecule has 2 aliphatic rings. The number of carbonyl (C=O) groups excluding carboxylic acids is 1. The van der Waals surface area contributed by atoms with Crippen LogP contribution in [0.25, 0.3) is 0 Å². The third-order valence-electron chi connectivity index (χ3n) is 4.40. The zero-order chi connectivity index (χ0) is 13.6. The van der Waals surface area contributed by atoms with Gasteiger partial charge in [0.1, 0.15) is 0 Å². The quantitative estimate of drug-likeness (QED) is 0.673. The number of rotatable bonds is 3. The predicted octanol–water partition coefficient (Wildman–Crippen LogP) is -0.688. The van der Waals surface area contributed by atoms with E-state index in [0.717, 1.165) is 13.1 Å². The van der Waals surface area contributed by atoms with Crippen molar-refractivity contribution in [1.29, 1.82) is 0 Å². The van der Waals surface area contributed by atoms with E-state index in [1.54, 1.807) is 10.9 Å². The van der Waals surface area contributed by atoms with Gasteiger partial charge in [-0.3, -0.25) is 4.79 Å². The van der Waals surface area contributed by atoms with Gasteiger partial charge in [0.15, 0.2) is 5.69 Å². The lowest BCUT2D eigenvalue weighted by Crippen LogP contribution is -2.61. The van der Waals surface area contributed by atoms with Crippen molar-refractivity contribution in [2.45, 2.75) is 38.5 Å². The number of nitrogens with one attached hydrogen (secondary N) is 2. The minimum Gasteiger partial charge on any atom is -0.392 e. The topological polar surface area (TPSA) is 92.1 Å². The summed E-state index contributed by atoms with van der Waals surface area (Å²) in [6.45, 7) is 5.63. The summed E-state index contributed by atoms with van der Waals surface area (Å²) < 4.78 is 1.73. The maximum absolute atomic E-state index is 12.1. The largest absolute Gasteiger partial charge is 0.392 e. The number of carbonyl (C=O) groups is 1. The van der Waals surface area contributed by atoms with Gasteiger partial charge in [-0.15, -0.1) is 5.10 Å². The molecule has 1 aliphatic heterocycles. The third kappa shape index (κ3) is 2.02. The third-order valence-corrected chi connectivity index (χ3v) is 4.40. The molecular weight excluding hydrogens is 246 g/mol. The SMILES string of the molecule is CC1(C)C(O)CC1NC(=O)c1cn(C2CNC2)nn1. The molecule has 0 spiro atoms. The highest BCUT2D eigenvalue weighted by atomic mass is 16.3. The van der Waals surface area contributed by atoms with Crippen LogP contribution in [-0.2, 0) is 0 Å². The van der Waals surface area contributed by atoms with E-state index in [-0.39, 0.29) is 23.5 Å². The normalized spacial score (nSPS) is 29.4. The molecule has 0 bridgehead atoms. The van der Waals surface area contributed by atoms with E-state index in [9.17, 15) is 9.90 Å². The highest BCUT2D eigenvalue weighted by molar-refractivity contribution is 5.92. The molecule has 2 heterocycles. The van der Waals surface area contributed by atoms with Gasteiger partial charge in [-0.05, 0) is 6.42 Å². The highest BCUT2D eigenvalue weighted by Crippen LogP contribution is 2.40. The van der Waals surface area contributed by atoms with E-state index in [2.05, 4.69) is 20.9 Å². The van der Waals surface area contributed by atoms with Crippen LogP contribution >= 0.6 is 0 Å². The first-order chi connectivity index (χ1) is 8.98. The summed E-state index contributed by atoms with van der Waals surface area (Å²) in [7, 11) is 0. The van der Waals surface area contributed by atoms with Gasteiger partial charge >= 0.3 is 0 Å². The minimum absolute atomic E-state index is 0.00878. The van der Waals surface area contributed by atoms with Crippen LogP contribution in [0, 0.1) is 5.41 Å². The Hall–Kier alpha value is -1.47. The monoisotopic (exact) mass is 265 g/mol. The number of aliphatic hydroxyl groups excluding tert-OH is 1. The summed E-state index contributed by atoms with van der Waals surface area (Å²) >= 11 is 0. The molecule has 0 aromatic carbocycles. The molecule has 2 fully saturated rings. The van der Waals surface area contributed by atoms with Gasteiger partial charge in [-0.2, -0.15) is 0 Å². The Morgan fingerprint density at radius 3 is 2.84 bits per heavy atom. The van der Waals surface area contributed by atoms with Gasteiger partial charge in [-0.25, -0.2) is 4.68 Å². The van der Waals surface area contributed by atoms with Crippen LogP contribution < -0.4 is 10.6 Å². The van der Waals surface area contributed by atoms with Crippen molar-refractivity contribution in [2.24, 2.45) is 5.41 Å². The molecule has 0 radical (unpaired) electrons. The fourth-order valence-electron chi connectivity index (χ4n) is 2.40. The lowest BCUT2D eigenvalue weighted by atomic mass is 9.64. The number of hydrogen-bond donors (Lipinski definition) is 3. The molecule has 7 heteroatoms. The standard InChI is InChI=1S/C12H19N5O2/c1-12(2)9(3-10(12)18)14-11(19)8-6-17(16-15-8)7-4-13-5-7/h6-7,9-10,13,18H,3-5H2,1-2H3,(H,14,19). The summed E-state index contributed by atoms with van der Waals surface area (Å²) in [5, 5.41) is 23.6. The number of nitrogens with zero attached hydrogens (tertiary/aromatic N) is 3. The molecule has 1 aliphatic carbocycles. The van der Waals surface area contributed by atoms with Crippen molar-refractivity contribution in [3.63, 3.8) is 0 Å².